The Morgan fingerprint density at radius 3 is 2.74 bits per heavy atom. The highest BCUT2D eigenvalue weighted by atomic mass is 16.6. The molecule has 164 valence electrons. The Labute approximate surface area is 180 Å². The predicted molar refractivity (Wildman–Crippen MR) is 116 cm³/mol. The fraction of sp³-hybridized carbons (Fsp3) is 0.318. The van der Waals surface area contributed by atoms with Gasteiger partial charge >= 0.3 is 5.97 Å². The monoisotopic (exact) mass is 426 g/mol. The molecule has 1 aliphatic heterocycles. The number of hydrogen-bond donors (Lipinski definition) is 3. The smallest absolute Gasteiger partial charge is 0.328 e. The Hall–Kier alpha value is -3.59. The van der Waals surface area contributed by atoms with E-state index in [9.17, 15) is 14.9 Å². The van der Waals surface area contributed by atoms with Gasteiger partial charge in [-0.15, -0.1) is 0 Å². The van der Waals surface area contributed by atoms with Crippen LogP contribution in [0.4, 0.5) is 11.4 Å². The van der Waals surface area contributed by atoms with Crippen LogP contribution >= 0.6 is 0 Å². The van der Waals surface area contributed by atoms with Crippen molar-refractivity contribution in [1.29, 1.82) is 0 Å². The molecule has 0 radical (unpaired) electrons. The molecule has 0 aliphatic carbocycles. The second kappa shape index (κ2) is 8.65. The number of nitrogens with one attached hydrogen (secondary N) is 1. The molecule has 1 aliphatic rings. The Kier molecular flexibility index (Phi) is 6.16. The van der Waals surface area contributed by atoms with E-state index >= 15 is 0 Å². The number of carbonyl (C=O) groups is 1. The average molecular weight is 426 g/mol. The lowest BCUT2D eigenvalue weighted by Crippen LogP contribution is -2.34. The highest BCUT2D eigenvalue weighted by Gasteiger charge is 2.28. The van der Waals surface area contributed by atoms with Crippen LogP contribution in [0.25, 0.3) is 0 Å². The second-order valence-electron chi connectivity index (χ2n) is 8.04. The molecule has 1 heterocycles. The Bertz CT molecular complexity index is 1050. The summed E-state index contributed by atoms with van der Waals surface area (Å²) in [6.07, 6.45) is 0.995. The van der Waals surface area contributed by atoms with E-state index < -0.39 is 22.5 Å². The molecule has 2 aromatic rings. The van der Waals surface area contributed by atoms with Gasteiger partial charge in [0.2, 0.25) is 0 Å². The molecule has 0 amide bonds. The van der Waals surface area contributed by atoms with Crippen molar-refractivity contribution in [3.05, 3.63) is 75.3 Å². The average Bonchev–Trinajstić information content (AvgIpc) is 2.72. The molecule has 0 saturated carbocycles. The number of fused-ring (bicyclic) bond motifs is 1. The molecule has 9 nitrogen and oxygen atoms in total. The Morgan fingerprint density at radius 1 is 1.29 bits per heavy atom. The van der Waals surface area contributed by atoms with Gasteiger partial charge in [0, 0.05) is 12.1 Å². The van der Waals surface area contributed by atoms with Crippen molar-refractivity contribution < 1.29 is 19.2 Å². The molecular weight excluding hydrogens is 400 g/mol. The van der Waals surface area contributed by atoms with Gasteiger partial charge in [-0.05, 0) is 56.9 Å². The van der Waals surface area contributed by atoms with Gasteiger partial charge in [0.25, 0.3) is 5.69 Å². The van der Waals surface area contributed by atoms with Gasteiger partial charge in [-0.2, -0.15) is 0 Å². The van der Waals surface area contributed by atoms with Gasteiger partial charge in [-0.1, -0.05) is 18.2 Å². The van der Waals surface area contributed by atoms with Crippen LogP contribution in [0.5, 0.6) is 5.75 Å². The van der Waals surface area contributed by atoms with Crippen LogP contribution in [0.3, 0.4) is 0 Å². The molecule has 9 heteroatoms. The summed E-state index contributed by atoms with van der Waals surface area (Å²) in [6, 6.07) is 10.5. The second-order valence-corrected chi connectivity index (χ2v) is 8.04. The summed E-state index contributed by atoms with van der Waals surface area (Å²) in [7, 11) is 0. The number of nitrogens with zero attached hydrogens (tertiary/aromatic N) is 1. The summed E-state index contributed by atoms with van der Waals surface area (Å²) in [5, 5.41) is 14.0. The minimum absolute atomic E-state index is 0.0324. The number of anilines is 1. The molecule has 31 heavy (non-hydrogen) atoms. The van der Waals surface area contributed by atoms with Crippen molar-refractivity contribution in [2.24, 2.45) is 11.5 Å². The highest BCUT2D eigenvalue weighted by molar-refractivity contribution is 5.79. The minimum atomic E-state index is -0.989. The van der Waals surface area contributed by atoms with E-state index in [1.807, 2.05) is 0 Å². The lowest BCUT2D eigenvalue weighted by Gasteiger charge is -2.27. The number of rotatable bonds is 7. The van der Waals surface area contributed by atoms with Crippen molar-refractivity contribution in [2.75, 3.05) is 5.32 Å². The van der Waals surface area contributed by atoms with E-state index in [0.717, 1.165) is 5.56 Å². The summed E-state index contributed by atoms with van der Waals surface area (Å²) in [5.74, 6) is 0.978. The lowest BCUT2D eigenvalue weighted by molar-refractivity contribution is -0.384. The Balaban J connectivity index is 1.63. The van der Waals surface area contributed by atoms with Gasteiger partial charge in [0.15, 0.2) is 5.75 Å². The van der Waals surface area contributed by atoms with Crippen LogP contribution in [0.2, 0.25) is 0 Å². The minimum Gasteiger partial charge on any atom is -0.458 e. The van der Waals surface area contributed by atoms with Gasteiger partial charge in [-0.25, -0.2) is 4.79 Å². The van der Waals surface area contributed by atoms with Gasteiger partial charge < -0.3 is 26.3 Å². The summed E-state index contributed by atoms with van der Waals surface area (Å²) in [5.41, 5.74) is 13.2. The van der Waals surface area contributed by atoms with Crippen molar-refractivity contribution in [1.82, 2.24) is 0 Å². The van der Waals surface area contributed by atoms with Crippen molar-refractivity contribution in [3.8, 4) is 5.75 Å². The van der Waals surface area contributed by atoms with Crippen LogP contribution in [0.15, 0.2) is 54.0 Å². The molecule has 3 rings (SSSR count). The molecule has 1 unspecified atom stereocenters. The molecule has 0 fully saturated rings. The first kappa shape index (κ1) is 22.1. The molecule has 1 atom stereocenters. The maximum Gasteiger partial charge on any atom is 0.328 e. The van der Waals surface area contributed by atoms with E-state index in [2.05, 4.69) is 5.32 Å². The van der Waals surface area contributed by atoms with Crippen LogP contribution in [-0.4, -0.2) is 16.5 Å². The standard InChI is InChI=1S/C22H26N4O5/c1-13-20(24)25-17-12-15(7-8-18(17)30-13)19(23)21(27)31-22(2,3)10-9-14-5-4-6-16(11-14)26(28)29/h4-8,11-12,19,25H,9-10,23-24H2,1-3H3. The number of non-ortho nitro benzene ring substituents is 1. The number of ether oxygens (including phenoxy) is 2. The fourth-order valence-corrected chi connectivity index (χ4v) is 3.17. The highest BCUT2D eigenvalue weighted by Crippen LogP contribution is 2.34. The number of benzene rings is 2. The SMILES string of the molecule is CC1=C(N)Nc2cc(C(N)C(=O)OC(C)(C)CCc3cccc([N+](=O)[O-])c3)ccc2O1. The molecule has 0 spiro atoms. The van der Waals surface area contributed by atoms with E-state index in [1.165, 1.54) is 12.1 Å². The third-order valence-corrected chi connectivity index (χ3v) is 5.04. The van der Waals surface area contributed by atoms with Crippen molar-refractivity contribution in [2.45, 2.75) is 45.3 Å². The summed E-state index contributed by atoms with van der Waals surface area (Å²) >= 11 is 0. The number of carbonyl (C=O) groups excluding carboxylic acids is 1. The number of nitro benzene ring substituents is 1. The molecular formula is C22H26N4O5. The number of esters is 1. The van der Waals surface area contributed by atoms with E-state index in [1.54, 1.807) is 51.1 Å². The van der Waals surface area contributed by atoms with Crippen LogP contribution in [-0.2, 0) is 16.0 Å². The number of nitro groups is 1. The largest absolute Gasteiger partial charge is 0.458 e. The number of nitrogens with two attached hydrogens (primary N) is 2. The maximum absolute atomic E-state index is 12.7. The molecule has 0 aromatic heterocycles. The summed E-state index contributed by atoms with van der Waals surface area (Å²) in [4.78, 5) is 23.2. The van der Waals surface area contributed by atoms with Crippen molar-refractivity contribution in [3.63, 3.8) is 0 Å². The first-order valence-corrected chi connectivity index (χ1v) is 9.83. The zero-order valence-electron chi connectivity index (χ0n) is 17.7. The van der Waals surface area contributed by atoms with E-state index in [-0.39, 0.29) is 5.69 Å². The van der Waals surface area contributed by atoms with E-state index in [4.69, 9.17) is 20.9 Å². The number of aryl methyl sites for hydroxylation is 1. The zero-order chi connectivity index (χ0) is 22.8. The molecule has 2 aromatic carbocycles. The molecule has 0 saturated heterocycles. The first-order valence-electron chi connectivity index (χ1n) is 9.83. The Morgan fingerprint density at radius 2 is 2.03 bits per heavy atom. The first-order chi connectivity index (χ1) is 14.6. The third-order valence-electron chi connectivity index (χ3n) is 5.04. The van der Waals surface area contributed by atoms with Crippen LogP contribution in [0.1, 0.15) is 44.4 Å². The predicted octanol–water partition coefficient (Wildman–Crippen LogP) is 3.50. The normalized spacial score (nSPS) is 14.2. The lowest BCUT2D eigenvalue weighted by atomic mass is 9.98. The van der Waals surface area contributed by atoms with Crippen LogP contribution in [0, 0.1) is 10.1 Å². The third kappa shape index (κ3) is 5.32. The van der Waals surface area contributed by atoms with Gasteiger partial charge in [0.05, 0.1) is 10.6 Å². The molecule has 0 bridgehead atoms. The maximum atomic E-state index is 12.7. The quantitative estimate of drug-likeness (QED) is 0.347. The number of hydrogen-bond acceptors (Lipinski definition) is 8. The zero-order valence-corrected chi connectivity index (χ0v) is 17.7. The molecule has 5 N–H and O–H groups in total. The van der Waals surface area contributed by atoms with Crippen molar-refractivity contribution >= 4 is 17.3 Å². The fourth-order valence-electron chi connectivity index (χ4n) is 3.17. The van der Waals surface area contributed by atoms with Gasteiger partial charge in [0.1, 0.15) is 23.2 Å². The van der Waals surface area contributed by atoms with E-state index in [0.29, 0.717) is 41.4 Å². The number of allylic oxidation sites excluding steroid dienone is 1. The van der Waals surface area contributed by atoms with Gasteiger partial charge in [-0.3, -0.25) is 10.1 Å². The summed E-state index contributed by atoms with van der Waals surface area (Å²) < 4.78 is 11.3. The van der Waals surface area contributed by atoms with Crippen LogP contribution < -0.4 is 21.5 Å². The topological polar surface area (TPSA) is 143 Å². The summed E-state index contributed by atoms with van der Waals surface area (Å²) in [6.45, 7) is 5.31.